The van der Waals surface area contributed by atoms with Gasteiger partial charge in [0.15, 0.2) is 0 Å². The first-order valence-electron chi connectivity index (χ1n) is 4.10. The number of hydrogen-bond donors (Lipinski definition) is 1. The Kier molecular flexibility index (Phi) is 6.76. The molecule has 0 radical (unpaired) electrons. The summed E-state index contributed by atoms with van der Waals surface area (Å²) < 4.78 is 0. The highest BCUT2D eigenvalue weighted by Crippen LogP contribution is 1.92. The van der Waals surface area contributed by atoms with E-state index in [0.717, 1.165) is 13.0 Å². The van der Waals surface area contributed by atoms with Gasteiger partial charge in [-0.2, -0.15) is 5.26 Å². The van der Waals surface area contributed by atoms with Crippen LogP contribution in [0.5, 0.6) is 0 Å². The molecule has 11 heavy (non-hydrogen) atoms. The molecule has 1 atom stereocenters. The Morgan fingerprint density at radius 2 is 2.36 bits per heavy atom. The highest BCUT2D eigenvalue weighted by atomic mass is 14.9. The first-order chi connectivity index (χ1) is 5.35. The van der Waals surface area contributed by atoms with E-state index in [1.165, 1.54) is 12.8 Å². The Morgan fingerprint density at radius 3 is 2.82 bits per heavy atom. The molecule has 0 aromatic carbocycles. The normalized spacial score (nSPS) is 12.0. The largest absolute Gasteiger partial charge is 0.299 e. The van der Waals surface area contributed by atoms with Crippen molar-refractivity contribution in [2.24, 2.45) is 0 Å². The third-order valence-corrected chi connectivity index (χ3v) is 1.52. The summed E-state index contributed by atoms with van der Waals surface area (Å²) in [5.41, 5.74) is 0. The van der Waals surface area contributed by atoms with Crippen molar-refractivity contribution in [1.29, 1.82) is 5.26 Å². The second-order valence-electron chi connectivity index (χ2n) is 2.50. The van der Waals surface area contributed by atoms with Gasteiger partial charge in [0.25, 0.3) is 0 Å². The Morgan fingerprint density at radius 1 is 1.64 bits per heavy atom. The quantitative estimate of drug-likeness (QED) is 0.465. The number of nitrogens with zero attached hydrogens (tertiary/aromatic N) is 1. The number of nitriles is 1. The lowest BCUT2D eigenvalue weighted by molar-refractivity contribution is 0.612. The molecule has 2 nitrogen and oxygen atoms in total. The van der Waals surface area contributed by atoms with Crippen molar-refractivity contribution in [3.05, 3.63) is 12.7 Å². The smallest absolute Gasteiger partial charge is 0.114 e. The molecule has 0 aliphatic carbocycles. The molecular formula is C9H16N2. The summed E-state index contributed by atoms with van der Waals surface area (Å²) in [5, 5.41) is 11.6. The van der Waals surface area contributed by atoms with Gasteiger partial charge >= 0.3 is 0 Å². The fourth-order valence-electron chi connectivity index (χ4n) is 0.814. The zero-order valence-electron chi connectivity index (χ0n) is 7.14. The van der Waals surface area contributed by atoms with Gasteiger partial charge in [-0.15, -0.1) is 6.58 Å². The fourth-order valence-corrected chi connectivity index (χ4v) is 0.814. The van der Waals surface area contributed by atoms with E-state index in [9.17, 15) is 0 Å². The van der Waals surface area contributed by atoms with Crippen LogP contribution in [0.3, 0.4) is 0 Å². The molecule has 1 N–H and O–H groups in total. The summed E-state index contributed by atoms with van der Waals surface area (Å²) in [6.07, 6.45) is 5.21. The molecule has 0 amide bonds. The van der Waals surface area contributed by atoms with Crippen LogP contribution < -0.4 is 5.32 Å². The molecule has 0 spiro atoms. The molecule has 0 saturated heterocycles. The second-order valence-corrected chi connectivity index (χ2v) is 2.50. The highest BCUT2D eigenvalue weighted by Gasteiger charge is 1.97. The first-order valence-corrected chi connectivity index (χ1v) is 4.10. The molecule has 0 bridgehead atoms. The number of unbranched alkanes of at least 4 members (excludes halogenated alkanes) is 2. The maximum atomic E-state index is 8.50. The van der Waals surface area contributed by atoms with E-state index >= 15 is 0 Å². The van der Waals surface area contributed by atoms with E-state index in [0.29, 0.717) is 0 Å². The molecule has 2 heteroatoms. The summed E-state index contributed by atoms with van der Waals surface area (Å²) in [5.74, 6) is 0. The van der Waals surface area contributed by atoms with Gasteiger partial charge in [0.05, 0.1) is 6.07 Å². The molecular weight excluding hydrogens is 136 g/mol. The molecule has 0 heterocycles. The molecule has 0 fully saturated rings. The maximum Gasteiger partial charge on any atom is 0.114 e. The lowest BCUT2D eigenvalue weighted by Crippen LogP contribution is -2.26. The lowest BCUT2D eigenvalue weighted by atomic mass is 10.2. The van der Waals surface area contributed by atoms with Gasteiger partial charge < -0.3 is 0 Å². The SMILES string of the molecule is C=CC(C#N)NCCCCC. The standard InChI is InChI=1S/C9H16N2/c1-3-5-6-7-11-9(4-2)8-10/h4,9,11H,2-3,5-7H2,1H3. The number of hydrogen-bond acceptors (Lipinski definition) is 2. The van der Waals surface area contributed by atoms with Crippen molar-refractivity contribution in [1.82, 2.24) is 5.32 Å². The van der Waals surface area contributed by atoms with Gasteiger partial charge in [0.1, 0.15) is 6.04 Å². The van der Waals surface area contributed by atoms with Gasteiger partial charge in [0.2, 0.25) is 0 Å². The van der Waals surface area contributed by atoms with Crippen LogP contribution in [0.25, 0.3) is 0 Å². The third kappa shape index (κ3) is 5.63. The summed E-state index contributed by atoms with van der Waals surface area (Å²) in [7, 11) is 0. The Balaban J connectivity index is 3.23. The minimum Gasteiger partial charge on any atom is -0.299 e. The van der Waals surface area contributed by atoms with Crippen molar-refractivity contribution < 1.29 is 0 Å². The predicted octanol–water partition coefficient (Wildman–Crippen LogP) is 1.84. The summed E-state index contributed by atoms with van der Waals surface area (Å²) in [4.78, 5) is 0. The van der Waals surface area contributed by atoms with E-state index in [2.05, 4.69) is 24.9 Å². The van der Waals surface area contributed by atoms with E-state index < -0.39 is 0 Å². The minimum absolute atomic E-state index is 0.174. The van der Waals surface area contributed by atoms with E-state index in [4.69, 9.17) is 5.26 Å². The van der Waals surface area contributed by atoms with Crippen LogP contribution in [0.4, 0.5) is 0 Å². The van der Waals surface area contributed by atoms with Crippen LogP contribution in [-0.4, -0.2) is 12.6 Å². The summed E-state index contributed by atoms with van der Waals surface area (Å²) in [6, 6.07) is 1.93. The van der Waals surface area contributed by atoms with Crippen LogP contribution in [0, 0.1) is 11.3 Å². The van der Waals surface area contributed by atoms with Crippen LogP contribution in [0.15, 0.2) is 12.7 Å². The fraction of sp³-hybridized carbons (Fsp3) is 0.667. The molecule has 62 valence electrons. The van der Waals surface area contributed by atoms with Gasteiger partial charge in [0, 0.05) is 0 Å². The average Bonchev–Trinajstić information content (AvgIpc) is 2.05. The van der Waals surface area contributed by atoms with Crippen LogP contribution in [0.2, 0.25) is 0 Å². The molecule has 0 saturated carbocycles. The summed E-state index contributed by atoms with van der Waals surface area (Å²) >= 11 is 0. The number of rotatable bonds is 6. The van der Waals surface area contributed by atoms with Gasteiger partial charge in [-0.05, 0) is 13.0 Å². The topological polar surface area (TPSA) is 35.8 Å². The van der Waals surface area contributed by atoms with Crippen LogP contribution >= 0.6 is 0 Å². The van der Waals surface area contributed by atoms with Crippen molar-refractivity contribution >= 4 is 0 Å². The van der Waals surface area contributed by atoms with Crippen molar-refractivity contribution in [3.8, 4) is 6.07 Å². The molecule has 1 unspecified atom stereocenters. The monoisotopic (exact) mass is 152 g/mol. The zero-order chi connectivity index (χ0) is 8.53. The Hall–Kier alpha value is -0.810. The van der Waals surface area contributed by atoms with E-state index in [1.807, 2.05) is 0 Å². The van der Waals surface area contributed by atoms with Crippen LogP contribution in [0.1, 0.15) is 26.2 Å². The highest BCUT2D eigenvalue weighted by molar-refractivity contribution is 5.01. The van der Waals surface area contributed by atoms with Gasteiger partial charge in [-0.25, -0.2) is 0 Å². The summed E-state index contributed by atoms with van der Waals surface area (Å²) in [6.45, 7) is 6.62. The lowest BCUT2D eigenvalue weighted by Gasteiger charge is -2.04. The average molecular weight is 152 g/mol. The first kappa shape index (κ1) is 10.2. The maximum absolute atomic E-state index is 8.50. The van der Waals surface area contributed by atoms with Crippen LogP contribution in [-0.2, 0) is 0 Å². The molecule has 0 rings (SSSR count). The van der Waals surface area contributed by atoms with Crippen molar-refractivity contribution in [2.75, 3.05) is 6.54 Å². The van der Waals surface area contributed by atoms with Gasteiger partial charge in [-0.3, -0.25) is 5.32 Å². The molecule has 0 aliphatic heterocycles. The zero-order valence-corrected chi connectivity index (χ0v) is 7.14. The molecule has 0 aliphatic rings. The Bertz CT molecular complexity index is 135. The molecule has 0 aromatic heterocycles. The number of nitrogens with one attached hydrogen (secondary N) is 1. The van der Waals surface area contributed by atoms with Crippen molar-refractivity contribution in [2.45, 2.75) is 32.2 Å². The minimum atomic E-state index is -0.174. The third-order valence-electron chi connectivity index (χ3n) is 1.52. The predicted molar refractivity (Wildman–Crippen MR) is 47.1 cm³/mol. The molecule has 0 aromatic rings. The van der Waals surface area contributed by atoms with Gasteiger partial charge in [-0.1, -0.05) is 25.8 Å². The van der Waals surface area contributed by atoms with Crippen molar-refractivity contribution in [3.63, 3.8) is 0 Å². The van der Waals surface area contributed by atoms with E-state index in [1.54, 1.807) is 6.08 Å². The second kappa shape index (κ2) is 7.30. The van der Waals surface area contributed by atoms with E-state index in [-0.39, 0.29) is 6.04 Å². The Labute approximate surface area is 68.9 Å².